The third-order valence-corrected chi connectivity index (χ3v) is 3.90. The number of hydrogen-bond donors (Lipinski definition) is 0. The van der Waals surface area contributed by atoms with E-state index in [1.54, 1.807) is 0 Å². The first-order chi connectivity index (χ1) is 9.81. The SMILES string of the molecule is CCCCCCCCCCCCCCOC(=O)CCP. The van der Waals surface area contributed by atoms with Gasteiger partial charge < -0.3 is 4.74 Å². The zero-order valence-electron chi connectivity index (χ0n) is 13.5. The van der Waals surface area contributed by atoms with Crippen LogP contribution in [0.25, 0.3) is 0 Å². The Morgan fingerprint density at radius 3 is 1.70 bits per heavy atom. The second-order valence-corrected chi connectivity index (χ2v) is 6.23. The number of rotatable bonds is 15. The Morgan fingerprint density at radius 2 is 1.25 bits per heavy atom. The smallest absolute Gasteiger partial charge is 0.306 e. The lowest BCUT2D eigenvalue weighted by Crippen LogP contribution is -2.05. The van der Waals surface area contributed by atoms with Crippen LogP contribution in [0, 0.1) is 0 Å². The van der Waals surface area contributed by atoms with Gasteiger partial charge in [0, 0.05) is 6.42 Å². The summed E-state index contributed by atoms with van der Waals surface area (Å²) in [6, 6.07) is 0. The van der Waals surface area contributed by atoms with Crippen molar-refractivity contribution in [3.05, 3.63) is 0 Å². The lowest BCUT2D eigenvalue weighted by atomic mass is 10.1. The van der Waals surface area contributed by atoms with Gasteiger partial charge in [-0.25, -0.2) is 0 Å². The first-order valence-corrected chi connectivity index (χ1v) is 9.48. The van der Waals surface area contributed by atoms with Gasteiger partial charge in [-0.3, -0.25) is 4.79 Å². The van der Waals surface area contributed by atoms with Crippen molar-refractivity contribution in [3.8, 4) is 0 Å². The summed E-state index contributed by atoms with van der Waals surface area (Å²) < 4.78 is 5.12. The molecular formula is C17H35O2P. The van der Waals surface area contributed by atoms with Crippen LogP contribution in [0.4, 0.5) is 0 Å². The van der Waals surface area contributed by atoms with Crippen LogP contribution in [0.5, 0.6) is 0 Å². The molecule has 2 nitrogen and oxygen atoms in total. The maximum Gasteiger partial charge on any atom is 0.306 e. The fourth-order valence-corrected chi connectivity index (χ4v) is 2.55. The monoisotopic (exact) mass is 302 g/mol. The molecule has 0 aliphatic rings. The Hall–Kier alpha value is -0.100. The van der Waals surface area contributed by atoms with E-state index in [-0.39, 0.29) is 5.97 Å². The summed E-state index contributed by atoms with van der Waals surface area (Å²) >= 11 is 0. The number of unbranched alkanes of at least 4 members (excludes halogenated alkanes) is 11. The molecule has 0 bridgehead atoms. The van der Waals surface area contributed by atoms with Crippen molar-refractivity contribution < 1.29 is 9.53 Å². The summed E-state index contributed by atoms with van der Waals surface area (Å²) in [5, 5.41) is 0. The number of esters is 1. The van der Waals surface area contributed by atoms with E-state index in [0.29, 0.717) is 13.0 Å². The van der Waals surface area contributed by atoms with Gasteiger partial charge in [0.1, 0.15) is 0 Å². The van der Waals surface area contributed by atoms with Gasteiger partial charge in [0.25, 0.3) is 0 Å². The Labute approximate surface area is 128 Å². The third kappa shape index (κ3) is 16.0. The number of hydrogen-bond acceptors (Lipinski definition) is 2. The van der Waals surface area contributed by atoms with E-state index in [9.17, 15) is 4.79 Å². The van der Waals surface area contributed by atoms with Gasteiger partial charge in [-0.1, -0.05) is 77.6 Å². The quantitative estimate of drug-likeness (QED) is 0.227. The van der Waals surface area contributed by atoms with Gasteiger partial charge in [-0.15, -0.1) is 9.24 Å². The number of ether oxygens (including phenoxy) is 1. The van der Waals surface area contributed by atoms with Crippen molar-refractivity contribution in [3.63, 3.8) is 0 Å². The zero-order valence-corrected chi connectivity index (χ0v) is 14.7. The molecular weight excluding hydrogens is 267 g/mol. The lowest BCUT2D eigenvalue weighted by molar-refractivity contribution is -0.143. The second-order valence-electron chi connectivity index (χ2n) is 5.65. The summed E-state index contributed by atoms with van der Waals surface area (Å²) in [5.41, 5.74) is 0. The topological polar surface area (TPSA) is 26.3 Å². The summed E-state index contributed by atoms with van der Waals surface area (Å²) in [7, 11) is 2.55. The average molecular weight is 302 g/mol. The minimum Gasteiger partial charge on any atom is -0.466 e. The van der Waals surface area contributed by atoms with Crippen molar-refractivity contribution in [2.45, 2.75) is 90.4 Å². The molecule has 0 fully saturated rings. The average Bonchev–Trinajstić information content (AvgIpc) is 2.44. The molecule has 3 heteroatoms. The number of carbonyl (C=O) groups excluding carboxylic acids is 1. The normalized spacial score (nSPS) is 10.7. The molecule has 0 saturated heterocycles. The third-order valence-electron chi connectivity index (χ3n) is 3.61. The Bertz CT molecular complexity index is 207. The zero-order chi connectivity index (χ0) is 14.9. The van der Waals surface area contributed by atoms with E-state index in [1.807, 2.05) is 0 Å². The molecule has 1 unspecified atom stereocenters. The summed E-state index contributed by atoms with van der Waals surface area (Å²) in [5.74, 6) is -0.0527. The molecule has 0 heterocycles. The molecule has 0 aromatic rings. The second kappa shape index (κ2) is 17.0. The van der Waals surface area contributed by atoms with Gasteiger partial charge in [0.2, 0.25) is 0 Å². The van der Waals surface area contributed by atoms with E-state index < -0.39 is 0 Å². The fraction of sp³-hybridized carbons (Fsp3) is 0.941. The van der Waals surface area contributed by atoms with Crippen LogP contribution in [0.15, 0.2) is 0 Å². The highest BCUT2D eigenvalue weighted by molar-refractivity contribution is 7.16. The van der Waals surface area contributed by atoms with Crippen molar-refractivity contribution in [2.24, 2.45) is 0 Å². The first kappa shape index (κ1) is 19.9. The summed E-state index contributed by atoms with van der Waals surface area (Å²) in [6.07, 6.45) is 17.4. The highest BCUT2D eigenvalue weighted by atomic mass is 31.0. The van der Waals surface area contributed by atoms with Gasteiger partial charge in [-0.2, -0.15) is 0 Å². The van der Waals surface area contributed by atoms with Gasteiger partial charge in [0.05, 0.1) is 6.61 Å². The van der Waals surface area contributed by atoms with E-state index >= 15 is 0 Å². The van der Waals surface area contributed by atoms with Crippen LogP contribution < -0.4 is 0 Å². The predicted octanol–water partition coefficient (Wildman–Crippen LogP) is 5.50. The molecule has 20 heavy (non-hydrogen) atoms. The summed E-state index contributed by atoms with van der Waals surface area (Å²) in [4.78, 5) is 11.1. The molecule has 0 aromatic heterocycles. The standard InChI is InChI=1S/C17H35O2P/c1-2-3-4-5-6-7-8-9-10-11-12-13-15-19-17(18)14-16-20/h2-16,20H2,1H3. The molecule has 0 rings (SSSR count). The van der Waals surface area contributed by atoms with Crippen LogP contribution in [0.2, 0.25) is 0 Å². The molecule has 0 amide bonds. The van der Waals surface area contributed by atoms with E-state index in [2.05, 4.69) is 16.2 Å². The van der Waals surface area contributed by atoms with Crippen LogP contribution >= 0.6 is 9.24 Å². The van der Waals surface area contributed by atoms with Gasteiger partial charge >= 0.3 is 5.97 Å². The van der Waals surface area contributed by atoms with Crippen LogP contribution in [0.3, 0.4) is 0 Å². The van der Waals surface area contributed by atoms with Crippen LogP contribution in [0.1, 0.15) is 90.4 Å². The maximum atomic E-state index is 11.1. The highest BCUT2D eigenvalue weighted by Gasteiger charge is 1.99. The molecule has 0 aromatic carbocycles. The molecule has 120 valence electrons. The lowest BCUT2D eigenvalue weighted by Gasteiger charge is -2.04. The van der Waals surface area contributed by atoms with Crippen LogP contribution in [-0.2, 0) is 9.53 Å². The Balaban J connectivity index is 3.01. The minimum atomic E-state index is -0.0527. The van der Waals surface area contributed by atoms with E-state index in [1.165, 1.54) is 70.6 Å². The molecule has 0 spiro atoms. The molecule has 0 radical (unpaired) electrons. The fourth-order valence-electron chi connectivity index (χ4n) is 2.32. The first-order valence-electron chi connectivity index (χ1n) is 8.67. The predicted molar refractivity (Wildman–Crippen MR) is 91.2 cm³/mol. The minimum absolute atomic E-state index is 0.0527. The van der Waals surface area contributed by atoms with Gasteiger partial charge in [-0.05, 0) is 12.6 Å². The molecule has 1 atom stereocenters. The van der Waals surface area contributed by atoms with E-state index in [0.717, 1.165) is 12.6 Å². The highest BCUT2D eigenvalue weighted by Crippen LogP contribution is 2.11. The van der Waals surface area contributed by atoms with Crippen molar-refractivity contribution in [2.75, 3.05) is 12.8 Å². The summed E-state index contributed by atoms with van der Waals surface area (Å²) in [6.45, 7) is 2.88. The Kier molecular flexibility index (Phi) is 16.9. The van der Waals surface area contributed by atoms with Gasteiger partial charge in [0.15, 0.2) is 0 Å². The molecule has 0 N–H and O–H groups in total. The number of carbonyl (C=O) groups is 1. The maximum absolute atomic E-state index is 11.1. The van der Waals surface area contributed by atoms with Crippen molar-refractivity contribution in [1.82, 2.24) is 0 Å². The molecule has 0 aliphatic heterocycles. The Morgan fingerprint density at radius 1 is 0.800 bits per heavy atom. The molecule has 0 saturated carbocycles. The van der Waals surface area contributed by atoms with Crippen molar-refractivity contribution in [1.29, 1.82) is 0 Å². The van der Waals surface area contributed by atoms with Crippen molar-refractivity contribution >= 4 is 15.2 Å². The molecule has 0 aliphatic carbocycles. The van der Waals surface area contributed by atoms with Crippen LogP contribution in [-0.4, -0.2) is 18.7 Å². The van der Waals surface area contributed by atoms with E-state index in [4.69, 9.17) is 4.74 Å². The largest absolute Gasteiger partial charge is 0.466 e.